The first-order chi connectivity index (χ1) is 10.2. The van der Waals surface area contributed by atoms with Crippen molar-refractivity contribution in [3.63, 3.8) is 0 Å². The molecule has 114 valence electrons. The van der Waals surface area contributed by atoms with Gasteiger partial charge in [0.1, 0.15) is 25.3 Å². The third-order valence-electron chi connectivity index (χ3n) is 2.47. The van der Waals surface area contributed by atoms with Crippen molar-refractivity contribution in [3.8, 4) is 0 Å². The Labute approximate surface area is 120 Å². The Morgan fingerprint density at radius 2 is 1.76 bits per heavy atom. The molecule has 2 rings (SSSR count). The highest BCUT2D eigenvalue weighted by molar-refractivity contribution is 5.74. The molecule has 0 aliphatic heterocycles. The van der Waals surface area contributed by atoms with Crippen LogP contribution in [0.25, 0.3) is 11.0 Å². The second-order valence-electron chi connectivity index (χ2n) is 3.57. The minimum absolute atomic E-state index is 0.0688. The van der Waals surface area contributed by atoms with Crippen molar-refractivity contribution in [1.29, 1.82) is 0 Å². The molecule has 0 amide bonds. The third kappa shape index (κ3) is 2.95. The number of para-hydroxylation sites is 1. The summed E-state index contributed by atoms with van der Waals surface area (Å²) >= 11 is 0. The van der Waals surface area contributed by atoms with Crippen LogP contribution in [0.2, 0.25) is 0 Å². The quantitative estimate of drug-likeness (QED) is 0.425. The lowest BCUT2D eigenvalue weighted by Gasteiger charge is -2.11. The van der Waals surface area contributed by atoms with Crippen molar-refractivity contribution in [3.05, 3.63) is 24.3 Å². The van der Waals surface area contributed by atoms with E-state index in [9.17, 15) is 0 Å². The molecule has 10 heteroatoms. The molecule has 0 unspecified atom stereocenters. The first-order valence-corrected chi connectivity index (χ1v) is 5.87. The van der Waals surface area contributed by atoms with Crippen molar-refractivity contribution in [2.45, 2.75) is 0 Å². The number of benzene rings is 1. The van der Waals surface area contributed by atoms with E-state index in [1.807, 2.05) is 12.1 Å². The molecule has 1 aromatic heterocycles. The lowest BCUT2D eigenvalue weighted by atomic mass is 10.3. The van der Waals surface area contributed by atoms with E-state index in [2.05, 4.69) is 10.3 Å². The summed E-state index contributed by atoms with van der Waals surface area (Å²) in [6.45, 7) is 0. The van der Waals surface area contributed by atoms with Gasteiger partial charge in [-0.3, -0.25) is 4.84 Å². The molecule has 1 heterocycles. The zero-order chi connectivity index (χ0) is 15.2. The highest BCUT2D eigenvalue weighted by Gasteiger charge is 2.34. The van der Waals surface area contributed by atoms with Crippen molar-refractivity contribution in [2.24, 2.45) is 0 Å². The largest absolute Gasteiger partial charge is 0.619 e. The van der Waals surface area contributed by atoms with Gasteiger partial charge in [0.2, 0.25) is 0 Å². The average Bonchev–Trinajstić information content (AvgIpc) is 2.93. The molecule has 0 bridgehead atoms. The van der Waals surface area contributed by atoms with E-state index in [0.29, 0.717) is 11.0 Å². The van der Waals surface area contributed by atoms with Crippen LogP contribution in [0.1, 0.15) is 0 Å². The van der Waals surface area contributed by atoms with Crippen LogP contribution in [0, 0.1) is 0 Å². The molecule has 0 aliphatic rings. The zero-order valence-corrected chi connectivity index (χ0v) is 12.1. The minimum atomic E-state index is -0.0688. The summed E-state index contributed by atoms with van der Waals surface area (Å²) < 4.78 is 0. The maximum atomic E-state index is 5.57. The van der Waals surface area contributed by atoms with Crippen LogP contribution in [0.3, 0.4) is 0 Å². The van der Waals surface area contributed by atoms with Crippen LogP contribution >= 0.6 is 0 Å². The fourth-order valence-corrected chi connectivity index (χ4v) is 1.59. The predicted molar refractivity (Wildman–Crippen MR) is 69.3 cm³/mol. The Hall–Kier alpha value is -2.59. The molecule has 10 nitrogen and oxygen atoms in total. The van der Waals surface area contributed by atoms with Crippen molar-refractivity contribution >= 4 is 17.1 Å². The molecule has 0 saturated carbocycles. The van der Waals surface area contributed by atoms with Crippen LogP contribution in [0.15, 0.2) is 24.3 Å². The number of aromatic nitrogens is 3. The Kier molecular flexibility index (Phi) is 4.74. The van der Waals surface area contributed by atoms with Gasteiger partial charge in [-0.15, -0.1) is 5.10 Å². The lowest BCUT2D eigenvalue weighted by molar-refractivity contribution is -0.965. The van der Waals surface area contributed by atoms with Gasteiger partial charge in [0, 0.05) is 0 Å². The van der Waals surface area contributed by atoms with Crippen LogP contribution in [-0.4, -0.2) is 59.7 Å². The second kappa shape index (κ2) is 6.72. The van der Waals surface area contributed by atoms with Crippen LogP contribution in [0.4, 0.5) is 0 Å². The van der Waals surface area contributed by atoms with Crippen LogP contribution in [0.5, 0.6) is 0 Å². The van der Waals surface area contributed by atoms with E-state index in [4.69, 9.17) is 24.2 Å². The molecule has 0 saturated heterocycles. The lowest BCUT2D eigenvalue weighted by Crippen LogP contribution is -2.43. The Morgan fingerprint density at radius 3 is 2.38 bits per heavy atom. The molecule has 0 spiro atoms. The molecule has 0 aliphatic carbocycles. The molecular formula is C11H16N5O5+. The van der Waals surface area contributed by atoms with Gasteiger partial charge in [0.25, 0.3) is 0 Å². The number of amidine groups is 1. The smallest absolute Gasteiger partial charge is 0.303 e. The summed E-state index contributed by atoms with van der Waals surface area (Å²) in [6.07, 6.45) is 0. The van der Waals surface area contributed by atoms with Gasteiger partial charge >= 0.3 is 6.02 Å². The molecule has 21 heavy (non-hydrogen) atoms. The van der Waals surface area contributed by atoms with Crippen molar-refractivity contribution < 1.29 is 29.1 Å². The minimum Gasteiger partial charge on any atom is -0.303 e. The van der Waals surface area contributed by atoms with E-state index >= 15 is 0 Å². The van der Waals surface area contributed by atoms with Crippen LogP contribution in [-0.2, 0) is 19.4 Å². The number of fused-ring (bicyclic) bond motifs is 1. The predicted octanol–water partition coefficient (Wildman–Crippen LogP) is -0.224. The number of hydrogen-bond acceptors (Lipinski definition) is 7. The van der Waals surface area contributed by atoms with Gasteiger partial charge in [-0.1, -0.05) is 17.0 Å². The average molecular weight is 298 g/mol. The van der Waals surface area contributed by atoms with Crippen molar-refractivity contribution in [2.75, 3.05) is 28.4 Å². The normalized spacial score (nSPS) is 10.3. The summed E-state index contributed by atoms with van der Waals surface area (Å²) in [5.41, 5.74) is 1.31. The highest BCUT2D eigenvalue weighted by atomic mass is 17.0. The molecule has 0 N–H and O–H groups in total. The SMILES string of the molecule is CON(OC)C(On1nnc2ccccc21)=[N+](OC)OC. The van der Waals surface area contributed by atoms with Crippen molar-refractivity contribution in [1.82, 2.24) is 20.4 Å². The highest BCUT2D eigenvalue weighted by Crippen LogP contribution is 2.08. The van der Waals surface area contributed by atoms with E-state index in [1.54, 1.807) is 12.1 Å². The molecule has 0 atom stereocenters. The number of hydroxylamine groups is 2. The Balaban J connectivity index is 2.41. The summed E-state index contributed by atoms with van der Waals surface area (Å²) in [5, 5.41) is 8.79. The summed E-state index contributed by atoms with van der Waals surface area (Å²) in [7, 11) is 5.54. The first-order valence-electron chi connectivity index (χ1n) is 5.87. The van der Waals surface area contributed by atoms with E-state index in [0.717, 1.165) is 10.1 Å². The number of rotatable bonds is 5. The number of hydrogen-bond donors (Lipinski definition) is 0. The standard InChI is InChI=1S/C11H16N5O5/c1-17-15(18-2)11(16(19-3)20-4)21-14-10-8-6-5-7-9(10)12-13-14/h5-8H,1-4H3/q+1. The topological polar surface area (TPSA) is 83.1 Å². The monoisotopic (exact) mass is 298 g/mol. The van der Waals surface area contributed by atoms with Gasteiger partial charge in [0.15, 0.2) is 4.90 Å². The van der Waals surface area contributed by atoms with E-state index in [1.165, 1.54) is 33.3 Å². The Bertz CT molecular complexity index is 618. The molecule has 1 aromatic carbocycles. The van der Waals surface area contributed by atoms with E-state index in [-0.39, 0.29) is 6.02 Å². The summed E-state index contributed by atoms with van der Waals surface area (Å²) in [6, 6.07) is 7.21. The van der Waals surface area contributed by atoms with E-state index < -0.39 is 0 Å². The first kappa shape index (κ1) is 14.8. The third-order valence-corrected chi connectivity index (χ3v) is 2.47. The molecule has 2 aromatic rings. The Morgan fingerprint density at radius 1 is 1.10 bits per heavy atom. The zero-order valence-electron chi connectivity index (χ0n) is 12.1. The van der Waals surface area contributed by atoms with Gasteiger partial charge in [-0.05, 0) is 17.3 Å². The fourth-order valence-electron chi connectivity index (χ4n) is 1.59. The summed E-state index contributed by atoms with van der Waals surface area (Å²) in [4.78, 5) is 27.7. The number of nitrogens with zero attached hydrogens (tertiary/aromatic N) is 5. The fraction of sp³-hybridized carbons (Fsp3) is 0.364. The molecule has 0 radical (unpaired) electrons. The van der Waals surface area contributed by atoms with Crippen LogP contribution < -0.4 is 4.84 Å². The maximum absolute atomic E-state index is 5.57. The maximum Gasteiger partial charge on any atom is 0.619 e. The molecular weight excluding hydrogens is 282 g/mol. The second-order valence-corrected chi connectivity index (χ2v) is 3.57. The van der Waals surface area contributed by atoms with Gasteiger partial charge in [0.05, 0.1) is 19.4 Å². The van der Waals surface area contributed by atoms with Gasteiger partial charge in [-0.2, -0.15) is 9.68 Å². The van der Waals surface area contributed by atoms with Gasteiger partial charge in [-0.25, -0.2) is 0 Å². The molecule has 0 fully saturated rings. The summed E-state index contributed by atoms with van der Waals surface area (Å²) in [5.74, 6) is 0. The van der Waals surface area contributed by atoms with Gasteiger partial charge < -0.3 is 9.68 Å².